The molecule has 3 N–H and O–H groups in total. The van der Waals surface area contributed by atoms with Crippen molar-refractivity contribution in [1.82, 2.24) is 10.3 Å². The minimum atomic E-state index is -1.29. The third kappa shape index (κ3) is 3.95. The summed E-state index contributed by atoms with van der Waals surface area (Å²) in [4.78, 5) is 16.2. The van der Waals surface area contributed by atoms with Crippen molar-refractivity contribution in [2.24, 2.45) is 10.8 Å². The summed E-state index contributed by atoms with van der Waals surface area (Å²) in [6.07, 6.45) is 0.981. The maximum atomic E-state index is 13.9. The molecule has 1 unspecified atom stereocenters. The van der Waals surface area contributed by atoms with Gasteiger partial charge in [0.2, 0.25) is 5.91 Å². The Bertz CT molecular complexity index is 1010. The first-order valence-electron chi connectivity index (χ1n) is 9.34. The molecule has 0 radical (unpaired) electrons. The molecule has 0 spiro atoms. The molecule has 0 aromatic heterocycles. The second-order valence-corrected chi connectivity index (χ2v) is 7.37. The summed E-state index contributed by atoms with van der Waals surface area (Å²) in [7, 11) is 0. The smallest absolute Gasteiger partial charge is 0.224 e. The van der Waals surface area contributed by atoms with Crippen molar-refractivity contribution in [2.75, 3.05) is 11.4 Å². The van der Waals surface area contributed by atoms with Gasteiger partial charge in [-0.1, -0.05) is 0 Å². The van der Waals surface area contributed by atoms with Crippen LogP contribution in [0.5, 0.6) is 0 Å². The highest BCUT2D eigenvalue weighted by Gasteiger charge is 2.32. The van der Waals surface area contributed by atoms with Gasteiger partial charge in [0.15, 0.2) is 11.6 Å². The molecule has 1 amide bonds. The van der Waals surface area contributed by atoms with E-state index in [9.17, 15) is 22.4 Å². The van der Waals surface area contributed by atoms with E-state index in [2.05, 4.69) is 10.5 Å². The molecule has 2 aromatic carbocycles. The van der Waals surface area contributed by atoms with Crippen molar-refractivity contribution in [3.63, 3.8) is 0 Å². The van der Waals surface area contributed by atoms with Crippen LogP contribution >= 0.6 is 0 Å². The van der Waals surface area contributed by atoms with Gasteiger partial charge in [0.05, 0.1) is 6.54 Å². The lowest BCUT2D eigenvalue weighted by molar-refractivity contribution is -0.132. The lowest BCUT2D eigenvalue weighted by atomic mass is 10.0. The Morgan fingerprint density at radius 3 is 2.73 bits per heavy atom. The van der Waals surface area contributed by atoms with Crippen LogP contribution in [0.15, 0.2) is 35.4 Å². The van der Waals surface area contributed by atoms with Gasteiger partial charge in [0.1, 0.15) is 24.1 Å². The SMILES string of the molecule is N[C@@H](CC(=O)N1Cc2cc(F)ccc2N2C=NNC2C1)Cc1cc(F)c(F)cc1F. The lowest BCUT2D eigenvalue weighted by Crippen LogP contribution is -2.46. The van der Waals surface area contributed by atoms with E-state index in [4.69, 9.17) is 5.73 Å². The van der Waals surface area contributed by atoms with Crippen molar-refractivity contribution < 1.29 is 22.4 Å². The number of fused-ring (bicyclic) bond motifs is 3. The molecule has 0 saturated carbocycles. The first-order chi connectivity index (χ1) is 14.3. The van der Waals surface area contributed by atoms with Gasteiger partial charge in [-0.3, -0.25) is 10.2 Å². The zero-order valence-corrected chi connectivity index (χ0v) is 15.8. The molecule has 4 rings (SSSR count). The van der Waals surface area contributed by atoms with Gasteiger partial charge in [-0.15, -0.1) is 0 Å². The number of anilines is 1. The molecule has 0 aliphatic carbocycles. The fourth-order valence-electron chi connectivity index (χ4n) is 3.71. The summed E-state index contributed by atoms with van der Waals surface area (Å²) in [5, 5.41) is 4.01. The summed E-state index contributed by atoms with van der Waals surface area (Å²) >= 11 is 0. The Labute approximate surface area is 169 Å². The number of nitrogens with two attached hydrogens (primary N) is 1. The number of carbonyl (C=O) groups is 1. The van der Waals surface area contributed by atoms with E-state index in [-0.39, 0.29) is 43.6 Å². The number of hydrogen-bond donors (Lipinski definition) is 2. The average Bonchev–Trinajstić information content (AvgIpc) is 3.07. The Morgan fingerprint density at radius 1 is 1.17 bits per heavy atom. The maximum Gasteiger partial charge on any atom is 0.224 e. The monoisotopic (exact) mass is 421 g/mol. The van der Waals surface area contributed by atoms with E-state index < -0.39 is 29.3 Å². The standard InChI is InChI=1S/C20H19F4N5O/c21-13-1-2-18-12(3-13)8-28(9-19-27-26-10-29(18)19)20(30)6-14(25)4-11-5-16(23)17(24)7-15(11)22/h1-3,5,7,10,14,19,27H,4,6,8-9,25H2/t14-,19?/m1/s1. The number of amides is 1. The van der Waals surface area contributed by atoms with Crippen LogP contribution in [0.1, 0.15) is 17.5 Å². The number of hydrazone groups is 1. The van der Waals surface area contributed by atoms with Gasteiger partial charge >= 0.3 is 0 Å². The van der Waals surface area contributed by atoms with Crippen molar-refractivity contribution in [2.45, 2.75) is 31.6 Å². The first-order valence-corrected chi connectivity index (χ1v) is 9.34. The minimum Gasteiger partial charge on any atom is -0.334 e. The molecule has 0 bridgehead atoms. The van der Waals surface area contributed by atoms with Crippen LogP contribution in [-0.4, -0.2) is 35.9 Å². The van der Waals surface area contributed by atoms with Gasteiger partial charge in [0, 0.05) is 30.8 Å². The van der Waals surface area contributed by atoms with E-state index in [1.54, 1.807) is 12.4 Å². The van der Waals surface area contributed by atoms with Gasteiger partial charge in [-0.05, 0) is 41.8 Å². The maximum absolute atomic E-state index is 13.9. The second kappa shape index (κ2) is 7.94. The Kier molecular flexibility index (Phi) is 5.33. The quantitative estimate of drug-likeness (QED) is 0.587. The van der Waals surface area contributed by atoms with Crippen LogP contribution in [0, 0.1) is 23.3 Å². The van der Waals surface area contributed by atoms with Crippen LogP contribution in [0.4, 0.5) is 23.2 Å². The summed E-state index contributed by atoms with van der Waals surface area (Å²) < 4.78 is 54.1. The molecule has 158 valence electrons. The van der Waals surface area contributed by atoms with E-state index >= 15 is 0 Å². The molecular weight excluding hydrogens is 402 g/mol. The highest BCUT2D eigenvalue weighted by Crippen LogP contribution is 2.29. The highest BCUT2D eigenvalue weighted by atomic mass is 19.2. The Balaban J connectivity index is 1.48. The molecule has 10 heteroatoms. The van der Waals surface area contributed by atoms with Crippen LogP contribution in [0.3, 0.4) is 0 Å². The van der Waals surface area contributed by atoms with Gasteiger partial charge in [0.25, 0.3) is 0 Å². The summed E-state index contributed by atoms with van der Waals surface area (Å²) in [6, 6.07) is 4.72. The number of rotatable bonds is 4. The number of nitrogens with one attached hydrogen (secondary N) is 1. The van der Waals surface area contributed by atoms with Gasteiger partial charge < -0.3 is 15.5 Å². The lowest BCUT2D eigenvalue weighted by Gasteiger charge is -2.26. The minimum absolute atomic E-state index is 0.102. The van der Waals surface area contributed by atoms with E-state index in [0.29, 0.717) is 11.6 Å². The third-order valence-corrected chi connectivity index (χ3v) is 5.18. The van der Waals surface area contributed by atoms with Crippen LogP contribution in [0.25, 0.3) is 0 Å². The summed E-state index contributed by atoms with van der Waals surface area (Å²) in [5.74, 6) is -4.12. The molecule has 2 aromatic rings. The summed E-state index contributed by atoms with van der Waals surface area (Å²) in [5.41, 5.74) is 10.1. The Morgan fingerprint density at radius 2 is 1.93 bits per heavy atom. The van der Waals surface area contributed by atoms with Crippen LogP contribution < -0.4 is 16.1 Å². The predicted octanol–water partition coefficient (Wildman–Crippen LogP) is 2.22. The fraction of sp³-hybridized carbons (Fsp3) is 0.300. The van der Waals surface area contributed by atoms with E-state index in [1.165, 1.54) is 17.0 Å². The zero-order valence-electron chi connectivity index (χ0n) is 15.8. The molecule has 6 nitrogen and oxygen atoms in total. The zero-order chi connectivity index (χ0) is 21.4. The second-order valence-electron chi connectivity index (χ2n) is 7.37. The first kappa shape index (κ1) is 20.1. The molecule has 2 heterocycles. The normalized spacial score (nSPS) is 18.5. The van der Waals surface area contributed by atoms with Gasteiger partial charge in [-0.25, -0.2) is 17.6 Å². The number of halogens is 4. The molecule has 2 aliphatic heterocycles. The average molecular weight is 421 g/mol. The molecule has 30 heavy (non-hydrogen) atoms. The molecule has 2 atom stereocenters. The number of benzene rings is 2. The topological polar surface area (TPSA) is 74.0 Å². The molecule has 0 fully saturated rings. The number of nitrogens with zero attached hydrogens (tertiary/aromatic N) is 3. The van der Waals surface area contributed by atoms with E-state index in [0.717, 1.165) is 11.8 Å². The molecule has 2 aliphatic rings. The van der Waals surface area contributed by atoms with Crippen molar-refractivity contribution >= 4 is 17.9 Å². The van der Waals surface area contributed by atoms with Crippen LogP contribution in [-0.2, 0) is 17.8 Å². The highest BCUT2D eigenvalue weighted by molar-refractivity contribution is 5.84. The fourth-order valence-corrected chi connectivity index (χ4v) is 3.71. The predicted molar refractivity (Wildman–Crippen MR) is 102 cm³/mol. The number of hydrogen-bond acceptors (Lipinski definition) is 5. The molecular formula is C20H19F4N5O. The van der Waals surface area contributed by atoms with Crippen molar-refractivity contribution in [1.29, 1.82) is 0 Å². The van der Waals surface area contributed by atoms with Gasteiger partial charge in [-0.2, -0.15) is 5.10 Å². The third-order valence-electron chi connectivity index (χ3n) is 5.18. The van der Waals surface area contributed by atoms with Crippen LogP contribution in [0.2, 0.25) is 0 Å². The van der Waals surface area contributed by atoms with E-state index in [1.807, 2.05) is 4.90 Å². The molecule has 0 saturated heterocycles. The number of carbonyl (C=O) groups excluding carboxylic acids is 1. The summed E-state index contributed by atoms with van der Waals surface area (Å²) in [6.45, 7) is 0.433. The largest absolute Gasteiger partial charge is 0.334 e. The van der Waals surface area contributed by atoms with Crippen molar-refractivity contribution in [3.05, 3.63) is 64.7 Å². The Hall–Kier alpha value is -3.14. The van der Waals surface area contributed by atoms with Crippen molar-refractivity contribution in [3.8, 4) is 0 Å².